The van der Waals surface area contributed by atoms with Gasteiger partial charge in [0.15, 0.2) is 5.60 Å². The minimum absolute atomic E-state index is 0.484. The summed E-state index contributed by atoms with van der Waals surface area (Å²) < 4.78 is 37.1. The summed E-state index contributed by atoms with van der Waals surface area (Å²) in [4.78, 5) is 15.2. The van der Waals surface area contributed by atoms with Crippen molar-refractivity contribution in [2.24, 2.45) is 0 Å². The Hall–Kier alpha value is -1.83. The van der Waals surface area contributed by atoms with Gasteiger partial charge in [-0.3, -0.25) is 4.98 Å². The molecule has 0 aliphatic heterocycles. The van der Waals surface area contributed by atoms with Gasteiger partial charge in [-0.15, -0.1) is 0 Å². The van der Waals surface area contributed by atoms with E-state index in [-0.39, 0.29) is 0 Å². The van der Waals surface area contributed by atoms with E-state index in [1.807, 2.05) is 0 Å². The first-order valence-corrected chi connectivity index (χ1v) is 5.57. The molecule has 0 saturated heterocycles. The molecule has 3 N–H and O–H groups in total. The van der Waals surface area contributed by atoms with Gasteiger partial charge in [0.2, 0.25) is 0 Å². The summed E-state index contributed by atoms with van der Waals surface area (Å²) >= 11 is 0. The van der Waals surface area contributed by atoms with Crippen LogP contribution in [0.25, 0.3) is 0 Å². The van der Waals surface area contributed by atoms with Crippen molar-refractivity contribution in [1.29, 1.82) is 0 Å². The van der Waals surface area contributed by atoms with E-state index >= 15 is 0 Å². The molecule has 8 heteroatoms. The van der Waals surface area contributed by atoms with E-state index in [1.165, 1.54) is 12.4 Å². The first-order chi connectivity index (χ1) is 8.80. The Morgan fingerprint density at radius 2 is 1.95 bits per heavy atom. The number of pyridine rings is 1. The summed E-state index contributed by atoms with van der Waals surface area (Å²) in [5.74, 6) is 0. The molecule has 1 aromatic rings. The van der Waals surface area contributed by atoms with Crippen molar-refractivity contribution in [2.75, 3.05) is 5.32 Å². The predicted octanol–water partition coefficient (Wildman–Crippen LogP) is 1.66. The molecule has 1 saturated carbocycles. The van der Waals surface area contributed by atoms with Gasteiger partial charge in [0.05, 0.1) is 0 Å². The van der Waals surface area contributed by atoms with Crippen LogP contribution in [0.15, 0.2) is 24.5 Å². The standard InChI is InChI=1S/C11H12F3N3O2/c12-11(13,14)10(19)5-8(6-10)17-9(18)16-7-1-3-15-4-2-7/h1-4,8,19H,5-6H2,(H2,15,16,17,18). The summed E-state index contributed by atoms with van der Waals surface area (Å²) in [5, 5.41) is 14.0. The number of halogens is 3. The maximum absolute atomic E-state index is 12.4. The quantitative estimate of drug-likeness (QED) is 0.768. The van der Waals surface area contributed by atoms with Crippen molar-refractivity contribution >= 4 is 11.7 Å². The van der Waals surface area contributed by atoms with Crippen LogP contribution in [0.1, 0.15) is 12.8 Å². The van der Waals surface area contributed by atoms with Crippen molar-refractivity contribution in [3.63, 3.8) is 0 Å². The normalized spacial score (nSPS) is 26.4. The van der Waals surface area contributed by atoms with Crippen molar-refractivity contribution in [3.8, 4) is 0 Å². The van der Waals surface area contributed by atoms with E-state index in [0.29, 0.717) is 5.69 Å². The molecule has 2 amide bonds. The molecule has 0 bridgehead atoms. The zero-order chi connectivity index (χ0) is 14.1. The van der Waals surface area contributed by atoms with E-state index in [4.69, 9.17) is 0 Å². The highest BCUT2D eigenvalue weighted by Crippen LogP contribution is 2.45. The largest absolute Gasteiger partial charge is 0.417 e. The number of aromatic nitrogens is 1. The van der Waals surface area contributed by atoms with Gasteiger partial charge in [0, 0.05) is 37.0 Å². The van der Waals surface area contributed by atoms with Crippen LogP contribution in [0.3, 0.4) is 0 Å². The lowest BCUT2D eigenvalue weighted by atomic mass is 9.75. The van der Waals surface area contributed by atoms with Crippen molar-refractivity contribution in [2.45, 2.75) is 30.7 Å². The number of hydrogen-bond acceptors (Lipinski definition) is 3. The monoisotopic (exact) mass is 275 g/mol. The Morgan fingerprint density at radius 1 is 1.37 bits per heavy atom. The number of rotatable bonds is 2. The molecule has 1 aliphatic rings. The molecule has 19 heavy (non-hydrogen) atoms. The van der Waals surface area contributed by atoms with Crippen LogP contribution in [-0.4, -0.2) is 33.9 Å². The Balaban J connectivity index is 1.80. The molecule has 5 nitrogen and oxygen atoms in total. The Kier molecular flexibility index (Phi) is 3.36. The molecule has 2 rings (SSSR count). The first-order valence-electron chi connectivity index (χ1n) is 5.57. The highest BCUT2D eigenvalue weighted by Gasteiger charge is 2.61. The van der Waals surface area contributed by atoms with E-state index in [1.54, 1.807) is 12.1 Å². The molecule has 0 radical (unpaired) electrons. The average Bonchev–Trinajstić information content (AvgIpc) is 2.26. The van der Waals surface area contributed by atoms with Crippen molar-refractivity contribution in [3.05, 3.63) is 24.5 Å². The summed E-state index contributed by atoms with van der Waals surface area (Å²) in [6.45, 7) is 0. The second-order valence-corrected chi connectivity index (χ2v) is 4.47. The minimum Gasteiger partial charge on any atom is -0.380 e. The van der Waals surface area contributed by atoms with Crippen LogP contribution in [0, 0.1) is 0 Å². The number of carbonyl (C=O) groups excluding carboxylic acids is 1. The molecule has 104 valence electrons. The number of anilines is 1. The molecular formula is C11H12F3N3O2. The van der Waals surface area contributed by atoms with Crippen molar-refractivity contribution in [1.82, 2.24) is 10.3 Å². The number of carbonyl (C=O) groups is 1. The lowest BCUT2D eigenvalue weighted by molar-refractivity contribution is -0.291. The number of aliphatic hydroxyl groups is 1. The zero-order valence-electron chi connectivity index (χ0n) is 9.74. The van der Waals surface area contributed by atoms with Gasteiger partial charge in [0.1, 0.15) is 0 Å². The van der Waals surface area contributed by atoms with Crippen molar-refractivity contribution < 1.29 is 23.1 Å². The summed E-state index contributed by atoms with van der Waals surface area (Å²) in [5.41, 5.74) is -2.19. The third-order valence-corrected chi connectivity index (χ3v) is 2.97. The highest BCUT2D eigenvalue weighted by atomic mass is 19.4. The van der Waals surface area contributed by atoms with E-state index in [2.05, 4.69) is 15.6 Å². The van der Waals surface area contributed by atoms with Gasteiger partial charge in [-0.2, -0.15) is 13.2 Å². The average molecular weight is 275 g/mol. The van der Waals surface area contributed by atoms with E-state index in [9.17, 15) is 23.1 Å². The van der Waals surface area contributed by atoms with E-state index in [0.717, 1.165) is 0 Å². The van der Waals surface area contributed by atoms with Crippen LogP contribution < -0.4 is 10.6 Å². The Labute approximate surface area is 106 Å². The number of nitrogens with one attached hydrogen (secondary N) is 2. The zero-order valence-corrected chi connectivity index (χ0v) is 9.74. The summed E-state index contributed by atoms with van der Waals surface area (Å²) in [7, 11) is 0. The number of hydrogen-bond donors (Lipinski definition) is 3. The molecule has 0 atom stereocenters. The minimum atomic E-state index is -4.66. The highest BCUT2D eigenvalue weighted by molar-refractivity contribution is 5.89. The fourth-order valence-electron chi connectivity index (χ4n) is 1.88. The fourth-order valence-corrected chi connectivity index (χ4v) is 1.88. The molecule has 0 spiro atoms. The third-order valence-electron chi connectivity index (χ3n) is 2.97. The van der Waals surface area contributed by atoms with Crippen LogP contribution in [0.5, 0.6) is 0 Å². The molecule has 0 unspecified atom stereocenters. The molecule has 1 aromatic heterocycles. The van der Waals surface area contributed by atoms with Crippen LogP contribution in [0.4, 0.5) is 23.7 Å². The Bertz CT molecular complexity index is 458. The predicted molar refractivity (Wildman–Crippen MR) is 60.4 cm³/mol. The number of amides is 2. The molecule has 0 aromatic carbocycles. The topological polar surface area (TPSA) is 74.2 Å². The van der Waals surface area contributed by atoms with Gasteiger partial charge >= 0.3 is 12.2 Å². The maximum Gasteiger partial charge on any atom is 0.417 e. The van der Waals surface area contributed by atoms with Gasteiger partial charge in [0.25, 0.3) is 0 Å². The van der Waals surface area contributed by atoms with Gasteiger partial charge in [-0.25, -0.2) is 4.79 Å². The second kappa shape index (κ2) is 4.69. The fraction of sp³-hybridized carbons (Fsp3) is 0.455. The van der Waals surface area contributed by atoms with Gasteiger partial charge in [-0.05, 0) is 12.1 Å². The smallest absolute Gasteiger partial charge is 0.380 e. The second-order valence-electron chi connectivity index (χ2n) is 4.47. The number of urea groups is 1. The SMILES string of the molecule is O=C(Nc1ccncc1)NC1CC(O)(C(F)(F)F)C1. The van der Waals surface area contributed by atoms with Crippen LogP contribution >= 0.6 is 0 Å². The number of alkyl halides is 3. The number of nitrogens with zero attached hydrogens (tertiary/aromatic N) is 1. The summed E-state index contributed by atoms with van der Waals surface area (Å²) in [6, 6.07) is 1.80. The molecule has 1 fully saturated rings. The van der Waals surface area contributed by atoms with E-state index < -0.39 is 36.7 Å². The van der Waals surface area contributed by atoms with Gasteiger partial charge in [-0.1, -0.05) is 0 Å². The summed E-state index contributed by atoms with van der Waals surface area (Å²) in [6.07, 6.45) is -2.77. The third kappa shape index (κ3) is 2.95. The molecule has 1 aliphatic carbocycles. The first kappa shape index (κ1) is 13.6. The Morgan fingerprint density at radius 3 is 2.47 bits per heavy atom. The maximum atomic E-state index is 12.4. The molecular weight excluding hydrogens is 263 g/mol. The lowest BCUT2D eigenvalue weighted by Crippen LogP contribution is -2.62. The molecule has 1 heterocycles. The van der Waals surface area contributed by atoms with Gasteiger partial charge < -0.3 is 15.7 Å². The van der Waals surface area contributed by atoms with Crippen LogP contribution in [0.2, 0.25) is 0 Å². The lowest BCUT2D eigenvalue weighted by Gasteiger charge is -2.44. The van der Waals surface area contributed by atoms with Crippen LogP contribution in [-0.2, 0) is 0 Å².